The Labute approximate surface area is 118 Å². The van der Waals surface area contributed by atoms with E-state index in [9.17, 15) is 9.59 Å². The summed E-state index contributed by atoms with van der Waals surface area (Å²) in [6.45, 7) is 1.00. The number of carbonyl (C=O) groups is 2. The van der Waals surface area contributed by atoms with Gasteiger partial charge in [0.15, 0.2) is 0 Å². The van der Waals surface area contributed by atoms with Crippen molar-refractivity contribution in [2.45, 2.75) is 12.1 Å². The van der Waals surface area contributed by atoms with Crippen molar-refractivity contribution in [3.05, 3.63) is 0 Å². The van der Waals surface area contributed by atoms with E-state index in [1.54, 1.807) is 0 Å². The van der Waals surface area contributed by atoms with E-state index in [1.807, 2.05) is 0 Å². The fourth-order valence-electron chi connectivity index (χ4n) is 1.22. The van der Waals surface area contributed by atoms with Gasteiger partial charge in [-0.1, -0.05) is 0 Å². The summed E-state index contributed by atoms with van der Waals surface area (Å²) in [5.74, 6) is -0.0216. The maximum absolute atomic E-state index is 11.2. The molecule has 0 aliphatic rings. The van der Waals surface area contributed by atoms with Crippen LogP contribution in [-0.4, -0.2) is 62.8 Å². The molecule has 0 fully saturated rings. The van der Waals surface area contributed by atoms with E-state index in [1.165, 1.54) is 14.2 Å². The summed E-state index contributed by atoms with van der Waals surface area (Å²) in [7, 11) is 2.65. The van der Waals surface area contributed by atoms with Gasteiger partial charge in [0.2, 0.25) is 0 Å². The van der Waals surface area contributed by atoms with Crippen LogP contribution in [0.5, 0.6) is 0 Å². The monoisotopic (exact) mass is 296 g/mol. The number of ether oxygens (including phenoxy) is 2. The third-order valence-electron chi connectivity index (χ3n) is 2.24. The van der Waals surface area contributed by atoms with Crippen molar-refractivity contribution in [2.75, 3.05) is 38.8 Å². The summed E-state index contributed by atoms with van der Waals surface area (Å²) < 4.78 is 9.20. The van der Waals surface area contributed by atoms with Gasteiger partial charge >= 0.3 is 11.9 Å². The first-order chi connectivity index (χ1) is 8.60. The van der Waals surface area contributed by atoms with Gasteiger partial charge in [-0.3, -0.25) is 9.59 Å². The van der Waals surface area contributed by atoms with Crippen LogP contribution >= 0.6 is 25.3 Å². The van der Waals surface area contributed by atoms with Gasteiger partial charge in [0.25, 0.3) is 0 Å². The molecule has 0 saturated carbocycles. The van der Waals surface area contributed by atoms with Gasteiger partial charge in [-0.25, -0.2) is 0 Å². The zero-order valence-corrected chi connectivity index (χ0v) is 12.3. The normalized spacial score (nSPS) is 13.8. The molecule has 0 saturated heterocycles. The minimum absolute atomic E-state index is 0.347. The minimum atomic E-state index is -0.451. The van der Waals surface area contributed by atoms with E-state index in [-0.39, 0.29) is 11.9 Å². The number of esters is 2. The predicted octanol–water partition coefficient (Wildman–Crippen LogP) is -0.892. The second-order valence-electron chi connectivity index (χ2n) is 3.42. The van der Waals surface area contributed by atoms with Gasteiger partial charge in [-0.05, 0) is 0 Å². The first-order valence-corrected chi connectivity index (χ1v) is 6.71. The summed E-state index contributed by atoms with van der Waals surface area (Å²) in [6.07, 6.45) is 0. The molecule has 0 unspecified atom stereocenters. The zero-order chi connectivity index (χ0) is 14.0. The number of hydrogen-bond donors (Lipinski definition) is 4. The molecule has 0 heterocycles. The van der Waals surface area contributed by atoms with Crippen LogP contribution in [0.3, 0.4) is 0 Å². The Balaban J connectivity index is 3.89. The number of carbonyl (C=O) groups excluding carboxylic acids is 2. The molecule has 6 nitrogen and oxygen atoms in total. The van der Waals surface area contributed by atoms with Crippen LogP contribution in [0.25, 0.3) is 0 Å². The fraction of sp³-hybridized carbons (Fsp3) is 0.800. The lowest BCUT2D eigenvalue weighted by molar-refractivity contribution is -0.143. The number of rotatable bonds is 9. The predicted molar refractivity (Wildman–Crippen MR) is 75.3 cm³/mol. The van der Waals surface area contributed by atoms with Gasteiger partial charge in [0.1, 0.15) is 12.1 Å². The maximum atomic E-state index is 11.2. The molecule has 2 atom stereocenters. The molecule has 0 aliphatic heterocycles. The summed E-state index contributed by atoms with van der Waals surface area (Å²) in [4.78, 5) is 22.5. The number of methoxy groups -OCH3 is 2. The van der Waals surface area contributed by atoms with Gasteiger partial charge < -0.3 is 20.1 Å². The molecule has 0 radical (unpaired) electrons. The van der Waals surface area contributed by atoms with E-state index in [0.717, 1.165) is 0 Å². The lowest BCUT2D eigenvalue weighted by atomic mass is 10.3. The largest absolute Gasteiger partial charge is 0.468 e. The average molecular weight is 296 g/mol. The third-order valence-corrected chi connectivity index (χ3v) is 2.97. The van der Waals surface area contributed by atoms with Crippen molar-refractivity contribution >= 4 is 37.2 Å². The third kappa shape index (κ3) is 6.48. The van der Waals surface area contributed by atoms with Gasteiger partial charge in [-0.15, -0.1) is 0 Å². The van der Waals surface area contributed by atoms with E-state index in [2.05, 4.69) is 45.4 Å². The standard InChI is InChI=1S/C10H20N2O4S2/c1-15-9(13)7(5-17)11-3-4-12-8(6-18)10(14)16-2/h7-8,11-12,17-18H,3-6H2,1-2H3/t7-,8-/m1/s1. The number of hydrogen-bond acceptors (Lipinski definition) is 8. The van der Waals surface area contributed by atoms with Gasteiger partial charge in [0, 0.05) is 24.6 Å². The van der Waals surface area contributed by atoms with Crippen molar-refractivity contribution in [3.63, 3.8) is 0 Å². The topological polar surface area (TPSA) is 76.7 Å². The highest BCUT2D eigenvalue weighted by atomic mass is 32.1. The highest BCUT2D eigenvalue weighted by molar-refractivity contribution is 7.80. The van der Waals surface area contributed by atoms with Crippen LogP contribution in [0.1, 0.15) is 0 Å². The van der Waals surface area contributed by atoms with E-state index >= 15 is 0 Å². The highest BCUT2D eigenvalue weighted by Crippen LogP contribution is 1.92. The number of thiol groups is 2. The quantitative estimate of drug-likeness (QED) is 0.251. The first kappa shape index (κ1) is 17.6. The molecule has 106 valence electrons. The fourth-order valence-corrected chi connectivity index (χ4v) is 1.78. The van der Waals surface area contributed by atoms with Crippen molar-refractivity contribution in [1.82, 2.24) is 10.6 Å². The molecular formula is C10H20N2O4S2. The Bertz CT molecular complexity index is 240. The SMILES string of the molecule is COC(=O)[C@@H](CS)NCCN[C@H](CS)C(=O)OC. The molecule has 0 aromatic heterocycles. The van der Waals surface area contributed by atoms with Crippen LogP contribution in [-0.2, 0) is 19.1 Å². The van der Waals surface area contributed by atoms with Crippen LogP contribution < -0.4 is 10.6 Å². The molecule has 8 heteroatoms. The van der Waals surface area contributed by atoms with Crippen LogP contribution in [0.15, 0.2) is 0 Å². The second-order valence-corrected chi connectivity index (χ2v) is 4.16. The van der Waals surface area contributed by atoms with Crippen molar-refractivity contribution in [1.29, 1.82) is 0 Å². The Hall–Kier alpha value is -0.440. The van der Waals surface area contributed by atoms with Crippen molar-refractivity contribution < 1.29 is 19.1 Å². The first-order valence-electron chi connectivity index (χ1n) is 5.44. The van der Waals surface area contributed by atoms with Crippen molar-refractivity contribution in [2.24, 2.45) is 0 Å². The van der Waals surface area contributed by atoms with E-state index < -0.39 is 12.1 Å². The van der Waals surface area contributed by atoms with E-state index in [0.29, 0.717) is 24.6 Å². The zero-order valence-electron chi connectivity index (χ0n) is 10.5. The molecule has 0 rings (SSSR count). The summed E-state index contributed by atoms with van der Waals surface area (Å²) >= 11 is 8.10. The van der Waals surface area contributed by atoms with Crippen LogP contribution in [0.4, 0.5) is 0 Å². The molecule has 0 aromatic carbocycles. The Morgan fingerprint density at radius 1 is 0.944 bits per heavy atom. The smallest absolute Gasteiger partial charge is 0.323 e. The Morgan fingerprint density at radius 2 is 1.28 bits per heavy atom. The van der Waals surface area contributed by atoms with Gasteiger partial charge in [0.05, 0.1) is 14.2 Å². The van der Waals surface area contributed by atoms with E-state index in [4.69, 9.17) is 0 Å². The number of nitrogens with one attached hydrogen (secondary N) is 2. The molecule has 2 N–H and O–H groups in total. The van der Waals surface area contributed by atoms with Crippen LogP contribution in [0, 0.1) is 0 Å². The second kappa shape index (κ2) is 10.5. The lowest BCUT2D eigenvalue weighted by Crippen LogP contribution is -2.46. The summed E-state index contributed by atoms with van der Waals surface area (Å²) in [5.41, 5.74) is 0. The average Bonchev–Trinajstić information content (AvgIpc) is 2.41. The molecule has 0 aromatic rings. The van der Waals surface area contributed by atoms with Crippen molar-refractivity contribution in [3.8, 4) is 0 Å². The molecular weight excluding hydrogens is 276 g/mol. The maximum Gasteiger partial charge on any atom is 0.323 e. The Morgan fingerprint density at radius 3 is 1.50 bits per heavy atom. The summed E-state index contributed by atoms with van der Waals surface area (Å²) in [6, 6.07) is -0.902. The molecule has 18 heavy (non-hydrogen) atoms. The highest BCUT2D eigenvalue weighted by Gasteiger charge is 2.18. The summed E-state index contributed by atoms with van der Waals surface area (Å²) in [5, 5.41) is 5.93. The van der Waals surface area contributed by atoms with Crippen LogP contribution in [0.2, 0.25) is 0 Å². The van der Waals surface area contributed by atoms with Gasteiger partial charge in [-0.2, -0.15) is 25.3 Å². The Kier molecular flexibility index (Phi) is 10.2. The molecule has 0 aliphatic carbocycles. The molecule has 0 amide bonds. The minimum Gasteiger partial charge on any atom is -0.468 e. The molecule has 0 bridgehead atoms. The molecule has 0 spiro atoms. The lowest BCUT2D eigenvalue weighted by Gasteiger charge is -2.17.